The minimum atomic E-state index is -0.450. The highest BCUT2D eigenvalue weighted by molar-refractivity contribution is 9.06. The van der Waals surface area contributed by atoms with E-state index in [-0.39, 0.29) is 5.75 Å². The lowest BCUT2D eigenvalue weighted by Gasteiger charge is -2.13. The first kappa shape index (κ1) is 14.0. The van der Waals surface area contributed by atoms with Crippen LogP contribution in [0.2, 0.25) is 6.32 Å². The molecule has 0 aliphatic heterocycles. The maximum Gasteiger partial charge on any atom is 0.536 e. The second-order valence-corrected chi connectivity index (χ2v) is 4.50. The molecule has 0 aliphatic rings. The Morgan fingerprint density at radius 3 is 2.37 bits per heavy atom. The molecule has 0 heterocycles. The zero-order valence-electron chi connectivity index (χ0n) is 10.3. The Balaban J connectivity index is 1.92. The third kappa shape index (κ3) is 4.30. The SMILES string of the molecule is Oc1ccccc1OB(CCc1ccccc1)OBr. The third-order valence-electron chi connectivity index (χ3n) is 2.73. The van der Waals surface area contributed by atoms with Gasteiger partial charge in [-0.1, -0.05) is 42.5 Å². The van der Waals surface area contributed by atoms with Crippen molar-refractivity contribution in [2.75, 3.05) is 0 Å². The van der Waals surface area contributed by atoms with Crippen molar-refractivity contribution >= 4 is 23.4 Å². The van der Waals surface area contributed by atoms with Crippen molar-refractivity contribution in [2.24, 2.45) is 0 Å². The maximum absolute atomic E-state index is 9.64. The van der Waals surface area contributed by atoms with Gasteiger partial charge in [0.1, 0.15) is 5.75 Å². The van der Waals surface area contributed by atoms with Gasteiger partial charge in [0.05, 0.1) is 16.3 Å². The number of halogens is 1. The van der Waals surface area contributed by atoms with Gasteiger partial charge in [-0.15, -0.1) is 0 Å². The standard InChI is InChI=1S/C14H14BBrO3/c16-19-15(11-10-12-6-2-1-3-7-12)18-14-9-5-4-8-13(14)17/h1-9,17H,10-11H2. The molecule has 0 saturated carbocycles. The molecule has 0 atom stereocenters. The highest BCUT2D eigenvalue weighted by Gasteiger charge is 2.21. The molecule has 0 aromatic heterocycles. The molecule has 5 heteroatoms. The number of benzene rings is 2. The van der Waals surface area contributed by atoms with E-state index >= 15 is 0 Å². The smallest absolute Gasteiger partial charge is 0.533 e. The van der Waals surface area contributed by atoms with Crippen LogP contribution in [0.15, 0.2) is 54.6 Å². The van der Waals surface area contributed by atoms with E-state index in [0.29, 0.717) is 12.1 Å². The van der Waals surface area contributed by atoms with E-state index < -0.39 is 7.12 Å². The molecule has 2 aromatic carbocycles. The molecule has 0 spiro atoms. The van der Waals surface area contributed by atoms with Gasteiger partial charge in [-0.2, -0.15) is 0 Å². The van der Waals surface area contributed by atoms with Gasteiger partial charge >= 0.3 is 7.12 Å². The Morgan fingerprint density at radius 2 is 1.68 bits per heavy atom. The van der Waals surface area contributed by atoms with Gasteiger partial charge in [0, 0.05) is 6.32 Å². The second-order valence-electron chi connectivity index (χ2n) is 4.13. The number of aryl methyl sites for hydroxylation is 1. The fourth-order valence-corrected chi connectivity index (χ4v) is 2.01. The summed E-state index contributed by atoms with van der Waals surface area (Å²) < 4.78 is 10.7. The molecule has 0 amide bonds. The summed E-state index contributed by atoms with van der Waals surface area (Å²) in [5.74, 6) is 0.525. The van der Waals surface area contributed by atoms with E-state index in [4.69, 9.17) is 8.40 Å². The van der Waals surface area contributed by atoms with E-state index in [2.05, 4.69) is 28.4 Å². The average molecular weight is 321 g/mol. The van der Waals surface area contributed by atoms with Crippen LogP contribution in [0.3, 0.4) is 0 Å². The summed E-state index contributed by atoms with van der Waals surface area (Å²) in [5, 5.41) is 9.64. The summed E-state index contributed by atoms with van der Waals surface area (Å²) in [4.78, 5) is 0. The number of aromatic hydroxyl groups is 1. The molecule has 0 fully saturated rings. The molecule has 0 unspecified atom stereocenters. The van der Waals surface area contributed by atoms with E-state index in [1.165, 1.54) is 5.56 Å². The zero-order chi connectivity index (χ0) is 13.5. The highest BCUT2D eigenvalue weighted by Crippen LogP contribution is 2.26. The summed E-state index contributed by atoms with van der Waals surface area (Å²) in [6.07, 6.45) is 1.52. The molecule has 0 saturated heterocycles. The van der Waals surface area contributed by atoms with Gasteiger partial charge in [-0.3, -0.25) is 0 Å². The predicted octanol–water partition coefficient (Wildman–Crippen LogP) is 3.83. The van der Waals surface area contributed by atoms with Gasteiger partial charge < -0.3 is 13.5 Å². The van der Waals surface area contributed by atoms with E-state index in [1.54, 1.807) is 24.3 Å². The van der Waals surface area contributed by atoms with Crippen molar-refractivity contribution in [3.05, 3.63) is 60.2 Å². The number of para-hydroxylation sites is 2. The lowest BCUT2D eigenvalue weighted by Crippen LogP contribution is -2.23. The molecule has 98 valence electrons. The number of hydrogen-bond donors (Lipinski definition) is 1. The van der Waals surface area contributed by atoms with Gasteiger partial charge in [-0.05, 0) is 24.1 Å². The van der Waals surface area contributed by atoms with Crippen molar-refractivity contribution in [3.8, 4) is 11.5 Å². The normalized spacial score (nSPS) is 10.2. The molecule has 1 N–H and O–H groups in total. The summed E-state index contributed by atoms with van der Waals surface area (Å²) >= 11 is 2.96. The Labute approximate surface area is 121 Å². The lowest BCUT2D eigenvalue weighted by molar-refractivity contribution is 0.412. The van der Waals surface area contributed by atoms with Crippen LogP contribution in [0.1, 0.15) is 5.56 Å². The molecule has 3 nitrogen and oxygen atoms in total. The van der Waals surface area contributed by atoms with Crippen LogP contribution >= 0.6 is 16.3 Å². The highest BCUT2D eigenvalue weighted by atomic mass is 79.9. The van der Waals surface area contributed by atoms with Crippen molar-refractivity contribution in [2.45, 2.75) is 12.7 Å². The Hall–Kier alpha value is -1.46. The minimum Gasteiger partial charge on any atom is -0.533 e. The van der Waals surface area contributed by atoms with E-state index in [9.17, 15) is 5.11 Å². The monoisotopic (exact) mass is 320 g/mol. The first-order valence-corrected chi connectivity index (χ1v) is 6.70. The number of phenols is 1. The Morgan fingerprint density at radius 1 is 1.00 bits per heavy atom. The van der Waals surface area contributed by atoms with Gasteiger partial charge in [0.2, 0.25) is 0 Å². The van der Waals surface area contributed by atoms with Gasteiger partial charge in [0.25, 0.3) is 0 Å². The largest absolute Gasteiger partial charge is 0.536 e. The summed E-state index contributed by atoms with van der Waals surface area (Å²) in [7, 11) is -0.450. The Kier molecular flexibility index (Phi) is 5.30. The average Bonchev–Trinajstić information content (AvgIpc) is 2.46. The maximum atomic E-state index is 9.64. The quantitative estimate of drug-likeness (QED) is 0.822. The van der Waals surface area contributed by atoms with Gasteiger partial charge in [-0.25, -0.2) is 0 Å². The topological polar surface area (TPSA) is 38.7 Å². The molecule has 19 heavy (non-hydrogen) atoms. The van der Waals surface area contributed by atoms with Crippen LogP contribution < -0.4 is 4.65 Å². The van der Waals surface area contributed by atoms with Crippen LogP contribution in [0.25, 0.3) is 0 Å². The molecule has 0 radical (unpaired) electrons. The molecular weight excluding hydrogens is 307 g/mol. The molecular formula is C14H14BBrO3. The van der Waals surface area contributed by atoms with Crippen LogP contribution in [0.4, 0.5) is 0 Å². The minimum absolute atomic E-state index is 0.108. The first-order valence-electron chi connectivity index (χ1n) is 6.05. The van der Waals surface area contributed by atoms with Crippen LogP contribution in [-0.2, 0) is 10.2 Å². The fraction of sp³-hybridized carbons (Fsp3) is 0.143. The summed E-state index contributed by atoms with van der Waals surface area (Å²) in [6, 6.07) is 17.0. The van der Waals surface area contributed by atoms with Gasteiger partial charge in [0.15, 0.2) is 5.75 Å². The fourth-order valence-electron chi connectivity index (χ4n) is 1.75. The van der Waals surface area contributed by atoms with E-state index in [0.717, 1.165) is 6.42 Å². The number of hydrogen-bond acceptors (Lipinski definition) is 3. The van der Waals surface area contributed by atoms with Crippen molar-refractivity contribution < 1.29 is 13.5 Å². The zero-order valence-corrected chi connectivity index (χ0v) is 11.9. The van der Waals surface area contributed by atoms with Crippen LogP contribution in [0, 0.1) is 0 Å². The number of rotatable bonds is 6. The second kappa shape index (κ2) is 7.21. The Bertz CT molecular complexity index is 507. The number of phenolic OH excluding ortho intramolecular Hbond substituents is 1. The van der Waals surface area contributed by atoms with Crippen molar-refractivity contribution in [3.63, 3.8) is 0 Å². The predicted molar refractivity (Wildman–Crippen MR) is 79.5 cm³/mol. The van der Waals surface area contributed by atoms with E-state index in [1.807, 2.05) is 18.2 Å². The summed E-state index contributed by atoms with van der Waals surface area (Å²) in [5.41, 5.74) is 1.22. The van der Waals surface area contributed by atoms with Crippen LogP contribution in [0.5, 0.6) is 11.5 Å². The summed E-state index contributed by atoms with van der Waals surface area (Å²) in [6.45, 7) is 0. The molecule has 0 aliphatic carbocycles. The van der Waals surface area contributed by atoms with Crippen LogP contribution in [-0.4, -0.2) is 12.2 Å². The molecule has 0 bridgehead atoms. The van der Waals surface area contributed by atoms with Crippen molar-refractivity contribution in [1.29, 1.82) is 0 Å². The molecule has 2 rings (SSSR count). The lowest BCUT2D eigenvalue weighted by atomic mass is 9.82. The third-order valence-corrected chi connectivity index (χ3v) is 3.15. The van der Waals surface area contributed by atoms with Crippen molar-refractivity contribution in [1.82, 2.24) is 0 Å². The first-order chi connectivity index (χ1) is 9.29. The molecule has 2 aromatic rings.